The number of carbonyl (C=O) groups is 1. The summed E-state index contributed by atoms with van der Waals surface area (Å²) >= 11 is 0. The van der Waals surface area contributed by atoms with Crippen LogP contribution in [-0.4, -0.2) is 36.5 Å². The normalized spacial score (nSPS) is 10.3. The van der Waals surface area contributed by atoms with Crippen molar-refractivity contribution in [1.82, 2.24) is 15.5 Å². The van der Waals surface area contributed by atoms with Gasteiger partial charge in [-0.2, -0.15) is 0 Å². The second kappa shape index (κ2) is 9.54. The second-order valence-electron chi connectivity index (χ2n) is 6.56. The monoisotopic (exact) mass is 392 g/mol. The van der Waals surface area contributed by atoms with Gasteiger partial charge < -0.3 is 20.1 Å². The fraction of sp³-hybridized carbons (Fsp3) is 0.227. The number of aromatic nitrogens is 2. The van der Waals surface area contributed by atoms with Gasteiger partial charge in [-0.3, -0.25) is 0 Å². The number of anilines is 1. The van der Waals surface area contributed by atoms with E-state index in [9.17, 15) is 4.79 Å². The van der Waals surface area contributed by atoms with Crippen LogP contribution in [0.2, 0.25) is 0 Å². The number of ether oxygens (including phenoxy) is 2. The molecule has 0 bridgehead atoms. The molecule has 2 aromatic carbocycles. The maximum Gasteiger partial charge on any atom is 0.319 e. The minimum absolute atomic E-state index is 0.275. The summed E-state index contributed by atoms with van der Waals surface area (Å²) in [5, 5.41) is 13.8. The predicted molar refractivity (Wildman–Crippen MR) is 112 cm³/mol. The summed E-state index contributed by atoms with van der Waals surface area (Å²) in [4.78, 5) is 12.1. The van der Waals surface area contributed by atoms with E-state index in [0.29, 0.717) is 23.9 Å². The minimum Gasteiger partial charge on any atom is -0.495 e. The first kappa shape index (κ1) is 20.1. The number of carbonyl (C=O) groups excluding carboxylic acids is 1. The number of hydrogen-bond acceptors (Lipinski definition) is 5. The molecule has 3 rings (SSSR count). The molecule has 0 aliphatic carbocycles. The standard InChI is InChI=1S/C22H24N4O3/c1-15-4-7-17(8-5-15)18-9-11-21(26-25-18)29-13-12-23-22(27)24-19-14-16(2)6-10-20(19)28-3/h4-11,14H,12-13H2,1-3H3,(H2,23,24,27). The van der Waals surface area contributed by atoms with Crippen molar-refractivity contribution in [2.45, 2.75) is 13.8 Å². The summed E-state index contributed by atoms with van der Waals surface area (Å²) in [7, 11) is 1.56. The molecule has 0 aliphatic heterocycles. The Morgan fingerprint density at radius 1 is 0.966 bits per heavy atom. The Hall–Kier alpha value is -3.61. The molecule has 0 saturated carbocycles. The van der Waals surface area contributed by atoms with Crippen LogP contribution in [-0.2, 0) is 0 Å². The van der Waals surface area contributed by atoms with Crippen molar-refractivity contribution in [3.8, 4) is 22.9 Å². The topological polar surface area (TPSA) is 85.4 Å². The van der Waals surface area contributed by atoms with Crippen LogP contribution in [0.1, 0.15) is 11.1 Å². The summed E-state index contributed by atoms with van der Waals surface area (Å²) in [5.74, 6) is 1.01. The van der Waals surface area contributed by atoms with Crippen molar-refractivity contribution in [2.75, 3.05) is 25.6 Å². The minimum atomic E-state index is -0.335. The highest BCUT2D eigenvalue weighted by Crippen LogP contribution is 2.25. The SMILES string of the molecule is COc1ccc(C)cc1NC(=O)NCCOc1ccc(-c2ccc(C)cc2)nn1. The molecule has 0 fully saturated rings. The van der Waals surface area contributed by atoms with Gasteiger partial charge in [-0.25, -0.2) is 4.79 Å². The summed E-state index contributed by atoms with van der Waals surface area (Å²) in [5.41, 5.74) is 4.61. The van der Waals surface area contributed by atoms with Gasteiger partial charge in [0, 0.05) is 11.6 Å². The summed E-state index contributed by atoms with van der Waals surface area (Å²) in [6, 6.07) is 16.9. The molecule has 0 aliphatic rings. The number of rotatable bonds is 7. The number of benzene rings is 2. The molecule has 7 nitrogen and oxygen atoms in total. The molecule has 150 valence electrons. The molecule has 3 aromatic rings. The Kier molecular flexibility index (Phi) is 6.63. The lowest BCUT2D eigenvalue weighted by Crippen LogP contribution is -2.32. The fourth-order valence-corrected chi connectivity index (χ4v) is 2.68. The van der Waals surface area contributed by atoms with Crippen LogP contribution >= 0.6 is 0 Å². The highest BCUT2D eigenvalue weighted by atomic mass is 16.5. The third kappa shape index (κ3) is 5.68. The zero-order chi connectivity index (χ0) is 20.6. The van der Waals surface area contributed by atoms with Crippen molar-refractivity contribution in [2.24, 2.45) is 0 Å². The number of methoxy groups -OCH3 is 1. The van der Waals surface area contributed by atoms with E-state index < -0.39 is 0 Å². The molecule has 1 heterocycles. The van der Waals surface area contributed by atoms with E-state index in [1.54, 1.807) is 13.2 Å². The first-order valence-electron chi connectivity index (χ1n) is 9.28. The van der Waals surface area contributed by atoms with Crippen molar-refractivity contribution in [3.63, 3.8) is 0 Å². The Morgan fingerprint density at radius 2 is 1.72 bits per heavy atom. The number of nitrogens with one attached hydrogen (secondary N) is 2. The molecule has 29 heavy (non-hydrogen) atoms. The van der Waals surface area contributed by atoms with Gasteiger partial charge in [0.15, 0.2) is 0 Å². The van der Waals surface area contributed by atoms with Gasteiger partial charge in [0.2, 0.25) is 5.88 Å². The smallest absolute Gasteiger partial charge is 0.319 e. The third-order valence-corrected chi connectivity index (χ3v) is 4.23. The van der Waals surface area contributed by atoms with Gasteiger partial charge in [-0.05, 0) is 37.6 Å². The Bertz CT molecular complexity index is 957. The van der Waals surface area contributed by atoms with Crippen molar-refractivity contribution in [1.29, 1.82) is 0 Å². The van der Waals surface area contributed by atoms with Gasteiger partial charge in [0.25, 0.3) is 0 Å². The number of aryl methyl sites for hydroxylation is 2. The Balaban J connectivity index is 1.45. The lowest BCUT2D eigenvalue weighted by atomic mass is 10.1. The molecule has 0 unspecified atom stereocenters. The Labute approximate surface area is 170 Å². The predicted octanol–water partition coefficient (Wildman–Crippen LogP) is 3.97. The molecular formula is C22H24N4O3. The molecule has 0 saturated heterocycles. The van der Waals surface area contributed by atoms with Gasteiger partial charge in [-0.15, -0.1) is 10.2 Å². The zero-order valence-corrected chi connectivity index (χ0v) is 16.7. The van der Waals surface area contributed by atoms with Gasteiger partial charge in [0.05, 0.1) is 25.0 Å². The molecular weight excluding hydrogens is 368 g/mol. The van der Waals surface area contributed by atoms with Crippen molar-refractivity contribution >= 4 is 11.7 Å². The maximum atomic E-state index is 12.1. The summed E-state index contributed by atoms with van der Waals surface area (Å²) < 4.78 is 10.8. The number of amides is 2. The first-order chi connectivity index (χ1) is 14.0. The van der Waals surface area contributed by atoms with Crippen molar-refractivity contribution < 1.29 is 14.3 Å². The van der Waals surface area contributed by atoms with E-state index in [4.69, 9.17) is 9.47 Å². The second-order valence-corrected chi connectivity index (χ2v) is 6.56. The first-order valence-corrected chi connectivity index (χ1v) is 9.28. The highest BCUT2D eigenvalue weighted by molar-refractivity contribution is 5.91. The zero-order valence-electron chi connectivity index (χ0n) is 16.7. The molecule has 2 N–H and O–H groups in total. The molecule has 0 atom stereocenters. The maximum absolute atomic E-state index is 12.1. The molecule has 0 radical (unpaired) electrons. The molecule has 7 heteroatoms. The van der Waals surface area contributed by atoms with E-state index in [1.807, 2.05) is 62.4 Å². The van der Waals surface area contributed by atoms with Gasteiger partial charge in [-0.1, -0.05) is 35.9 Å². The number of nitrogens with zero attached hydrogens (tertiary/aromatic N) is 2. The van der Waals surface area contributed by atoms with E-state index >= 15 is 0 Å². The largest absolute Gasteiger partial charge is 0.495 e. The quantitative estimate of drug-likeness (QED) is 0.594. The lowest BCUT2D eigenvalue weighted by molar-refractivity contribution is 0.246. The van der Waals surface area contributed by atoms with Crippen molar-refractivity contribution in [3.05, 3.63) is 65.7 Å². The van der Waals surface area contributed by atoms with Crippen LogP contribution < -0.4 is 20.1 Å². The average Bonchev–Trinajstić information content (AvgIpc) is 2.72. The van der Waals surface area contributed by atoms with Gasteiger partial charge >= 0.3 is 6.03 Å². The Morgan fingerprint density at radius 3 is 2.41 bits per heavy atom. The van der Waals surface area contributed by atoms with E-state index in [0.717, 1.165) is 16.8 Å². The number of hydrogen-bond donors (Lipinski definition) is 2. The average molecular weight is 392 g/mol. The lowest BCUT2D eigenvalue weighted by Gasteiger charge is -2.12. The van der Waals surface area contributed by atoms with E-state index in [2.05, 4.69) is 20.8 Å². The summed E-state index contributed by atoms with van der Waals surface area (Å²) in [6.45, 7) is 4.58. The van der Waals surface area contributed by atoms with Crippen LogP contribution in [0.5, 0.6) is 11.6 Å². The van der Waals surface area contributed by atoms with E-state index in [-0.39, 0.29) is 12.6 Å². The van der Waals surface area contributed by atoms with Gasteiger partial charge in [0.1, 0.15) is 12.4 Å². The third-order valence-electron chi connectivity index (χ3n) is 4.23. The fourth-order valence-electron chi connectivity index (χ4n) is 2.68. The highest BCUT2D eigenvalue weighted by Gasteiger charge is 2.07. The molecule has 0 spiro atoms. The van der Waals surface area contributed by atoms with Crippen LogP contribution in [0.4, 0.5) is 10.5 Å². The van der Waals surface area contributed by atoms with Crippen LogP contribution in [0.15, 0.2) is 54.6 Å². The van der Waals surface area contributed by atoms with Crippen LogP contribution in [0, 0.1) is 13.8 Å². The number of urea groups is 1. The summed E-state index contributed by atoms with van der Waals surface area (Å²) in [6.07, 6.45) is 0. The molecule has 2 amide bonds. The van der Waals surface area contributed by atoms with E-state index in [1.165, 1.54) is 5.56 Å². The molecule has 1 aromatic heterocycles. The van der Waals surface area contributed by atoms with Crippen LogP contribution in [0.3, 0.4) is 0 Å². The van der Waals surface area contributed by atoms with Crippen LogP contribution in [0.25, 0.3) is 11.3 Å².